The van der Waals surface area contributed by atoms with Gasteiger partial charge in [-0.15, -0.1) is 0 Å². The van der Waals surface area contributed by atoms with E-state index in [0.717, 1.165) is 24.7 Å². The summed E-state index contributed by atoms with van der Waals surface area (Å²) in [7, 11) is 0. The Hall–Kier alpha value is -1.02. The lowest BCUT2D eigenvalue weighted by atomic mass is 9.97. The summed E-state index contributed by atoms with van der Waals surface area (Å²) >= 11 is 0. The molecule has 0 bridgehead atoms. The van der Waals surface area contributed by atoms with Crippen LogP contribution < -0.4 is 4.74 Å². The van der Waals surface area contributed by atoms with Crippen LogP contribution in [-0.4, -0.2) is 19.3 Å². The minimum Gasteiger partial charge on any atom is -0.490 e. The Bertz CT molecular complexity index is 396. The maximum atomic E-state index is 5.84. The molecular formula is C14H18O2. The van der Waals surface area contributed by atoms with Gasteiger partial charge in [-0.3, -0.25) is 0 Å². The molecular weight excluding hydrogens is 200 g/mol. The van der Waals surface area contributed by atoms with Crippen molar-refractivity contribution in [2.45, 2.75) is 32.3 Å². The normalized spacial score (nSPS) is 31.2. The first-order valence-electron chi connectivity index (χ1n) is 6.12. The molecule has 0 aromatic heterocycles. The second-order valence-corrected chi connectivity index (χ2v) is 5.06. The van der Waals surface area contributed by atoms with Crippen LogP contribution in [0.1, 0.15) is 30.9 Å². The summed E-state index contributed by atoms with van der Waals surface area (Å²) in [6, 6.07) is 6.44. The Labute approximate surface area is 96.6 Å². The van der Waals surface area contributed by atoms with Crippen molar-refractivity contribution in [2.75, 3.05) is 13.2 Å². The Kier molecular flexibility index (Phi) is 2.40. The van der Waals surface area contributed by atoms with Crippen LogP contribution in [0.2, 0.25) is 0 Å². The maximum Gasteiger partial charge on any atom is 0.122 e. The largest absolute Gasteiger partial charge is 0.490 e. The molecule has 1 aromatic rings. The monoisotopic (exact) mass is 218 g/mol. The van der Waals surface area contributed by atoms with E-state index in [9.17, 15) is 0 Å². The fourth-order valence-corrected chi connectivity index (χ4v) is 2.52. The average molecular weight is 218 g/mol. The summed E-state index contributed by atoms with van der Waals surface area (Å²) in [6.07, 6.45) is 1.49. The molecule has 2 nitrogen and oxygen atoms in total. The van der Waals surface area contributed by atoms with Gasteiger partial charge in [-0.05, 0) is 35.4 Å². The zero-order valence-electron chi connectivity index (χ0n) is 9.90. The highest BCUT2D eigenvalue weighted by Gasteiger charge is 2.29. The SMILES string of the molecule is CC1Cc2c(OCC3CO3)cccc2C1C. The van der Waals surface area contributed by atoms with Crippen LogP contribution in [0.15, 0.2) is 18.2 Å². The van der Waals surface area contributed by atoms with Crippen molar-refractivity contribution >= 4 is 0 Å². The first kappa shape index (κ1) is 10.2. The number of hydrogen-bond acceptors (Lipinski definition) is 2. The number of benzene rings is 1. The molecule has 1 saturated heterocycles. The van der Waals surface area contributed by atoms with Crippen molar-refractivity contribution in [1.82, 2.24) is 0 Å². The summed E-state index contributed by atoms with van der Waals surface area (Å²) in [6.45, 7) is 6.20. The average Bonchev–Trinajstić information content (AvgIpc) is 3.06. The van der Waals surface area contributed by atoms with Gasteiger partial charge in [-0.2, -0.15) is 0 Å². The molecule has 3 atom stereocenters. The van der Waals surface area contributed by atoms with E-state index in [1.54, 1.807) is 0 Å². The van der Waals surface area contributed by atoms with Crippen LogP contribution in [0, 0.1) is 5.92 Å². The standard InChI is InChI=1S/C14H18O2/c1-9-6-13-12(10(9)2)4-3-5-14(13)16-8-11-7-15-11/h3-5,9-11H,6-8H2,1-2H3. The number of fused-ring (bicyclic) bond motifs is 1. The van der Waals surface area contributed by atoms with Crippen LogP contribution in [0.5, 0.6) is 5.75 Å². The zero-order chi connectivity index (χ0) is 11.1. The molecule has 1 fully saturated rings. The van der Waals surface area contributed by atoms with Crippen LogP contribution >= 0.6 is 0 Å². The number of rotatable bonds is 3. The van der Waals surface area contributed by atoms with Crippen molar-refractivity contribution in [3.05, 3.63) is 29.3 Å². The van der Waals surface area contributed by atoms with Gasteiger partial charge < -0.3 is 9.47 Å². The molecule has 2 aliphatic rings. The molecule has 0 spiro atoms. The van der Waals surface area contributed by atoms with Crippen molar-refractivity contribution in [1.29, 1.82) is 0 Å². The highest BCUT2D eigenvalue weighted by molar-refractivity contribution is 5.45. The van der Waals surface area contributed by atoms with E-state index < -0.39 is 0 Å². The van der Waals surface area contributed by atoms with Crippen molar-refractivity contribution in [2.24, 2.45) is 5.92 Å². The topological polar surface area (TPSA) is 21.8 Å². The highest BCUT2D eigenvalue weighted by Crippen LogP contribution is 2.41. The summed E-state index contributed by atoms with van der Waals surface area (Å²) in [5.74, 6) is 2.47. The molecule has 3 unspecified atom stereocenters. The van der Waals surface area contributed by atoms with Gasteiger partial charge >= 0.3 is 0 Å². The molecule has 0 saturated carbocycles. The van der Waals surface area contributed by atoms with Gasteiger partial charge in [0, 0.05) is 0 Å². The minimum atomic E-state index is 0.340. The van der Waals surface area contributed by atoms with Crippen LogP contribution in [0.25, 0.3) is 0 Å². The fourth-order valence-electron chi connectivity index (χ4n) is 2.52. The molecule has 1 aliphatic heterocycles. The molecule has 2 heteroatoms. The molecule has 1 aliphatic carbocycles. The van der Waals surface area contributed by atoms with Crippen LogP contribution in [0.3, 0.4) is 0 Å². The lowest BCUT2D eigenvalue weighted by Crippen LogP contribution is -2.05. The predicted octanol–water partition coefficient (Wildman–Crippen LogP) is 2.76. The molecule has 1 heterocycles. The summed E-state index contributed by atoms with van der Waals surface area (Å²) < 4.78 is 11.0. The minimum absolute atomic E-state index is 0.340. The number of hydrogen-bond donors (Lipinski definition) is 0. The van der Waals surface area contributed by atoms with Gasteiger partial charge in [0.15, 0.2) is 0 Å². The molecule has 0 radical (unpaired) electrons. The predicted molar refractivity (Wildman–Crippen MR) is 63.0 cm³/mol. The van der Waals surface area contributed by atoms with E-state index in [1.807, 2.05) is 0 Å². The quantitative estimate of drug-likeness (QED) is 0.728. The first-order chi connectivity index (χ1) is 7.75. The van der Waals surface area contributed by atoms with E-state index in [-0.39, 0.29) is 0 Å². The Morgan fingerprint density at radius 2 is 2.19 bits per heavy atom. The van der Waals surface area contributed by atoms with Gasteiger partial charge in [0.1, 0.15) is 18.5 Å². The van der Waals surface area contributed by atoms with E-state index in [4.69, 9.17) is 9.47 Å². The number of epoxide rings is 1. The van der Waals surface area contributed by atoms with E-state index in [1.165, 1.54) is 11.1 Å². The molecule has 3 rings (SSSR count). The molecule has 0 amide bonds. The first-order valence-corrected chi connectivity index (χ1v) is 6.12. The second kappa shape index (κ2) is 3.77. The van der Waals surface area contributed by atoms with E-state index >= 15 is 0 Å². The lowest BCUT2D eigenvalue weighted by molar-refractivity contribution is 0.261. The van der Waals surface area contributed by atoms with Gasteiger partial charge in [-0.1, -0.05) is 26.0 Å². The zero-order valence-corrected chi connectivity index (χ0v) is 9.90. The Morgan fingerprint density at radius 3 is 2.94 bits per heavy atom. The summed E-state index contributed by atoms with van der Waals surface area (Å²) in [5, 5.41) is 0. The smallest absolute Gasteiger partial charge is 0.122 e. The summed E-state index contributed by atoms with van der Waals surface area (Å²) in [5.41, 5.74) is 2.89. The van der Waals surface area contributed by atoms with E-state index in [2.05, 4.69) is 32.0 Å². The third-order valence-corrected chi connectivity index (χ3v) is 3.87. The van der Waals surface area contributed by atoms with Crippen LogP contribution in [-0.2, 0) is 11.2 Å². The van der Waals surface area contributed by atoms with Crippen LogP contribution in [0.4, 0.5) is 0 Å². The molecule has 16 heavy (non-hydrogen) atoms. The molecule has 86 valence electrons. The lowest BCUT2D eigenvalue weighted by Gasteiger charge is -2.10. The van der Waals surface area contributed by atoms with Gasteiger partial charge in [0.05, 0.1) is 6.61 Å². The molecule has 1 aromatic carbocycles. The molecule has 0 N–H and O–H groups in total. The third kappa shape index (κ3) is 1.71. The maximum absolute atomic E-state index is 5.84. The fraction of sp³-hybridized carbons (Fsp3) is 0.571. The van der Waals surface area contributed by atoms with E-state index in [0.29, 0.717) is 18.6 Å². The van der Waals surface area contributed by atoms with Crippen molar-refractivity contribution in [3.63, 3.8) is 0 Å². The highest BCUT2D eigenvalue weighted by atomic mass is 16.6. The summed E-state index contributed by atoms with van der Waals surface area (Å²) in [4.78, 5) is 0. The third-order valence-electron chi connectivity index (χ3n) is 3.87. The van der Waals surface area contributed by atoms with Gasteiger partial charge in [0.25, 0.3) is 0 Å². The van der Waals surface area contributed by atoms with Gasteiger partial charge in [0.2, 0.25) is 0 Å². The second-order valence-electron chi connectivity index (χ2n) is 5.06. The Morgan fingerprint density at radius 1 is 1.38 bits per heavy atom. The Balaban J connectivity index is 1.83. The van der Waals surface area contributed by atoms with Gasteiger partial charge in [-0.25, -0.2) is 0 Å². The van der Waals surface area contributed by atoms with Crippen molar-refractivity contribution in [3.8, 4) is 5.75 Å². The number of ether oxygens (including phenoxy) is 2. The van der Waals surface area contributed by atoms with Crippen molar-refractivity contribution < 1.29 is 9.47 Å².